The van der Waals surface area contributed by atoms with Gasteiger partial charge in [-0.1, -0.05) is 12.1 Å². The van der Waals surface area contributed by atoms with E-state index in [0.29, 0.717) is 19.6 Å². The molecule has 1 atom stereocenters. The second kappa shape index (κ2) is 6.31. The number of carbonyl (C=O) groups is 1. The van der Waals surface area contributed by atoms with Gasteiger partial charge in [-0.15, -0.1) is 0 Å². The predicted molar refractivity (Wildman–Crippen MR) is 81.6 cm³/mol. The van der Waals surface area contributed by atoms with E-state index in [1.165, 1.54) is 12.1 Å². The van der Waals surface area contributed by atoms with E-state index in [2.05, 4.69) is 5.32 Å². The third-order valence-electron chi connectivity index (χ3n) is 3.33. The molecule has 1 aromatic carbocycles. The molecule has 1 aromatic rings. The summed E-state index contributed by atoms with van der Waals surface area (Å²) in [6, 6.07) is 6.33. The molecule has 1 aliphatic heterocycles. The zero-order chi connectivity index (χ0) is 16.3. The monoisotopic (exact) mass is 307 g/mol. The number of non-ortho nitro benzene ring substituents is 1. The first kappa shape index (κ1) is 16.2. The number of nitro benzene ring substituents is 1. The second-order valence-electron chi connectivity index (χ2n) is 6.28. The zero-order valence-electron chi connectivity index (χ0n) is 13.0. The Morgan fingerprint density at radius 1 is 1.36 bits per heavy atom. The normalized spacial score (nSPS) is 18.9. The third kappa shape index (κ3) is 4.17. The Morgan fingerprint density at radius 3 is 2.55 bits per heavy atom. The van der Waals surface area contributed by atoms with Crippen LogP contribution in [0.15, 0.2) is 24.3 Å². The van der Waals surface area contributed by atoms with Crippen LogP contribution in [0.2, 0.25) is 0 Å². The molecule has 2 rings (SSSR count). The first-order valence-electron chi connectivity index (χ1n) is 7.22. The first-order valence-corrected chi connectivity index (χ1v) is 7.22. The summed E-state index contributed by atoms with van der Waals surface area (Å²) in [7, 11) is 0. The van der Waals surface area contributed by atoms with E-state index in [1.54, 1.807) is 17.0 Å². The van der Waals surface area contributed by atoms with Crippen LogP contribution in [0.1, 0.15) is 32.4 Å². The van der Waals surface area contributed by atoms with Crippen LogP contribution < -0.4 is 5.32 Å². The third-order valence-corrected chi connectivity index (χ3v) is 3.33. The summed E-state index contributed by atoms with van der Waals surface area (Å²) < 4.78 is 5.38. The summed E-state index contributed by atoms with van der Waals surface area (Å²) in [6.07, 6.45) is -0.332. The minimum Gasteiger partial charge on any atom is -0.444 e. The topological polar surface area (TPSA) is 84.7 Å². The smallest absolute Gasteiger partial charge is 0.410 e. The summed E-state index contributed by atoms with van der Waals surface area (Å²) >= 11 is 0. The van der Waals surface area contributed by atoms with Gasteiger partial charge in [-0.3, -0.25) is 10.1 Å². The van der Waals surface area contributed by atoms with E-state index >= 15 is 0 Å². The number of nitro groups is 1. The Morgan fingerprint density at radius 2 is 2.00 bits per heavy atom. The van der Waals surface area contributed by atoms with Gasteiger partial charge < -0.3 is 15.0 Å². The van der Waals surface area contributed by atoms with Crippen molar-refractivity contribution in [3.63, 3.8) is 0 Å². The Balaban J connectivity index is 2.04. The van der Waals surface area contributed by atoms with Crippen molar-refractivity contribution in [1.29, 1.82) is 0 Å². The van der Waals surface area contributed by atoms with Crippen LogP contribution in [-0.2, 0) is 4.74 Å². The van der Waals surface area contributed by atoms with Gasteiger partial charge in [-0.25, -0.2) is 4.79 Å². The summed E-state index contributed by atoms with van der Waals surface area (Å²) in [5, 5.41) is 14.0. The van der Waals surface area contributed by atoms with Gasteiger partial charge in [0.05, 0.1) is 11.0 Å². The lowest BCUT2D eigenvalue weighted by Crippen LogP contribution is -2.49. The molecule has 0 bridgehead atoms. The van der Waals surface area contributed by atoms with E-state index in [0.717, 1.165) is 5.56 Å². The fourth-order valence-electron chi connectivity index (χ4n) is 2.29. The molecule has 1 unspecified atom stereocenters. The molecular weight excluding hydrogens is 286 g/mol. The molecule has 1 fully saturated rings. The highest BCUT2D eigenvalue weighted by Gasteiger charge is 2.28. The SMILES string of the molecule is CC(C)(C)OC(=O)N1CCNC(c2ccc([N+](=O)[O-])cc2)C1. The van der Waals surface area contributed by atoms with Gasteiger partial charge in [0.15, 0.2) is 0 Å². The Kier molecular flexibility index (Phi) is 4.65. The number of carbonyl (C=O) groups excluding carboxylic acids is 1. The van der Waals surface area contributed by atoms with Crippen molar-refractivity contribution in [2.45, 2.75) is 32.4 Å². The van der Waals surface area contributed by atoms with Crippen LogP contribution in [-0.4, -0.2) is 41.2 Å². The van der Waals surface area contributed by atoms with Crippen LogP contribution in [0.4, 0.5) is 10.5 Å². The molecule has 1 heterocycles. The molecule has 0 saturated carbocycles. The van der Waals surface area contributed by atoms with Crippen molar-refractivity contribution in [1.82, 2.24) is 10.2 Å². The lowest BCUT2D eigenvalue weighted by molar-refractivity contribution is -0.384. The number of nitrogens with one attached hydrogen (secondary N) is 1. The number of benzene rings is 1. The van der Waals surface area contributed by atoms with Gasteiger partial charge in [0, 0.05) is 31.8 Å². The van der Waals surface area contributed by atoms with Crippen LogP contribution in [0, 0.1) is 10.1 Å². The molecule has 0 aromatic heterocycles. The van der Waals surface area contributed by atoms with E-state index in [9.17, 15) is 14.9 Å². The molecule has 0 aliphatic carbocycles. The average molecular weight is 307 g/mol. The lowest BCUT2D eigenvalue weighted by atomic mass is 10.0. The number of hydrogen-bond acceptors (Lipinski definition) is 5. The van der Waals surface area contributed by atoms with Gasteiger partial charge >= 0.3 is 6.09 Å². The molecule has 1 N–H and O–H groups in total. The molecule has 1 amide bonds. The van der Waals surface area contributed by atoms with Crippen molar-refractivity contribution in [3.8, 4) is 0 Å². The van der Waals surface area contributed by atoms with Crippen molar-refractivity contribution in [3.05, 3.63) is 39.9 Å². The van der Waals surface area contributed by atoms with Gasteiger partial charge in [0.1, 0.15) is 5.60 Å². The quantitative estimate of drug-likeness (QED) is 0.670. The Labute approximate surface area is 129 Å². The highest BCUT2D eigenvalue weighted by molar-refractivity contribution is 5.68. The van der Waals surface area contributed by atoms with E-state index in [1.807, 2.05) is 20.8 Å². The van der Waals surface area contributed by atoms with Crippen molar-refractivity contribution in [2.24, 2.45) is 0 Å². The predicted octanol–water partition coefficient (Wildman–Crippen LogP) is 2.48. The lowest BCUT2D eigenvalue weighted by Gasteiger charge is -2.35. The Hall–Kier alpha value is -2.15. The molecule has 7 nitrogen and oxygen atoms in total. The van der Waals surface area contributed by atoms with Crippen molar-refractivity contribution in [2.75, 3.05) is 19.6 Å². The second-order valence-corrected chi connectivity index (χ2v) is 6.28. The molecule has 22 heavy (non-hydrogen) atoms. The number of rotatable bonds is 2. The maximum absolute atomic E-state index is 12.1. The van der Waals surface area contributed by atoms with Crippen LogP contribution >= 0.6 is 0 Å². The number of piperazine rings is 1. The molecule has 1 aliphatic rings. The first-order chi connectivity index (χ1) is 10.3. The van der Waals surface area contributed by atoms with Gasteiger partial charge in [-0.05, 0) is 26.3 Å². The largest absolute Gasteiger partial charge is 0.444 e. The van der Waals surface area contributed by atoms with E-state index < -0.39 is 10.5 Å². The van der Waals surface area contributed by atoms with Crippen LogP contribution in [0.25, 0.3) is 0 Å². The fourth-order valence-corrected chi connectivity index (χ4v) is 2.29. The summed E-state index contributed by atoms with van der Waals surface area (Å²) in [5.74, 6) is 0. The average Bonchev–Trinajstić information content (AvgIpc) is 2.46. The number of ether oxygens (including phenoxy) is 1. The number of amides is 1. The minimum absolute atomic E-state index is 0.0536. The minimum atomic E-state index is -0.523. The molecule has 120 valence electrons. The molecular formula is C15H21N3O4. The van der Waals surface area contributed by atoms with E-state index in [4.69, 9.17) is 4.74 Å². The highest BCUT2D eigenvalue weighted by atomic mass is 16.6. The summed E-state index contributed by atoms with van der Waals surface area (Å²) in [4.78, 5) is 24.0. The molecule has 0 spiro atoms. The van der Waals surface area contributed by atoms with Gasteiger partial charge in [-0.2, -0.15) is 0 Å². The summed E-state index contributed by atoms with van der Waals surface area (Å²) in [5.41, 5.74) is 0.451. The fraction of sp³-hybridized carbons (Fsp3) is 0.533. The standard InChI is InChI=1S/C15H21N3O4/c1-15(2,3)22-14(19)17-9-8-16-13(10-17)11-4-6-12(7-5-11)18(20)21/h4-7,13,16H,8-10H2,1-3H3. The Bertz CT molecular complexity index is 551. The van der Waals surface area contributed by atoms with Gasteiger partial charge in [0.2, 0.25) is 0 Å². The summed E-state index contributed by atoms with van der Waals surface area (Å²) in [6.45, 7) is 7.22. The molecule has 7 heteroatoms. The van der Waals surface area contributed by atoms with Crippen molar-refractivity contribution >= 4 is 11.8 Å². The maximum atomic E-state index is 12.1. The van der Waals surface area contributed by atoms with E-state index in [-0.39, 0.29) is 17.8 Å². The molecule has 1 saturated heterocycles. The van der Waals surface area contributed by atoms with Gasteiger partial charge in [0.25, 0.3) is 5.69 Å². The molecule has 0 radical (unpaired) electrons. The number of nitrogens with zero attached hydrogens (tertiary/aromatic N) is 2. The van der Waals surface area contributed by atoms with Crippen LogP contribution in [0.5, 0.6) is 0 Å². The zero-order valence-corrected chi connectivity index (χ0v) is 13.0. The highest BCUT2D eigenvalue weighted by Crippen LogP contribution is 2.21. The van der Waals surface area contributed by atoms with Crippen molar-refractivity contribution < 1.29 is 14.5 Å². The number of hydrogen-bond donors (Lipinski definition) is 1. The van der Waals surface area contributed by atoms with Crippen LogP contribution in [0.3, 0.4) is 0 Å². The maximum Gasteiger partial charge on any atom is 0.410 e.